The van der Waals surface area contributed by atoms with Gasteiger partial charge in [-0.25, -0.2) is 4.79 Å². The van der Waals surface area contributed by atoms with Gasteiger partial charge in [-0.05, 0) is 46.6 Å². The number of amides is 2. The molecule has 180 valence electrons. The molecule has 4 rings (SSSR count). The Morgan fingerprint density at radius 2 is 1.65 bits per heavy atom. The molecule has 1 aliphatic heterocycles. The minimum Gasteiger partial charge on any atom is -0.481 e. The zero-order chi connectivity index (χ0) is 24.1. The van der Waals surface area contributed by atoms with Gasteiger partial charge in [0.1, 0.15) is 6.61 Å². The summed E-state index contributed by atoms with van der Waals surface area (Å²) >= 11 is 1.80. The van der Waals surface area contributed by atoms with Crippen LogP contribution in [0.3, 0.4) is 0 Å². The number of benzene rings is 2. The molecule has 1 heterocycles. The van der Waals surface area contributed by atoms with Crippen molar-refractivity contribution in [3.05, 3.63) is 59.7 Å². The highest BCUT2D eigenvalue weighted by molar-refractivity contribution is 7.99. The third kappa shape index (κ3) is 5.38. The van der Waals surface area contributed by atoms with Crippen LogP contribution in [-0.4, -0.2) is 65.2 Å². The van der Waals surface area contributed by atoms with Crippen LogP contribution in [0.25, 0.3) is 11.1 Å². The highest BCUT2D eigenvalue weighted by Gasteiger charge is 2.38. The maximum absolute atomic E-state index is 12.9. The number of nitrogens with one attached hydrogen (secondary N) is 1. The van der Waals surface area contributed by atoms with Gasteiger partial charge in [0.2, 0.25) is 5.91 Å². The second-order valence-corrected chi connectivity index (χ2v) is 10.2. The van der Waals surface area contributed by atoms with Gasteiger partial charge in [-0.2, -0.15) is 11.8 Å². The topological polar surface area (TPSA) is 95.9 Å². The van der Waals surface area contributed by atoms with Crippen molar-refractivity contribution >= 4 is 29.7 Å². The third-order valence-corrected chi connectivity index (χ3v) is 7.72. The summed E-state index contributed by atoms with van der Waals surface area (Å²) in [6.45, 7) is 0.362. The Labute approximate surface area is 203 Å². The van der Waals surface area contributed by atoms with Gasteiger partial charge in [-0.15, -0.1) is 0 Å². The molecule has 1 saturated heterocycles. The number of carbonyl (C=O) groups excluding carboxylic acids is 2. The van der Waals surface area contributed by atoms with Crippen LogP contribution in [0.2, 0.25) is 0 Å². The third-order valence-electron chi connectivity index (χ3n) is 6.74. The van der Waals surface area contributed by atoms with Crippen LogP contribution in [0.15, 0.2) is 48.5 Å². The first-order valence-corrected chi connectivity index (χ1v) is 12.7. The quantitative estimate of drug-likeness (QED) is 0.588. The summed E-state index contributed by atoms with van der Waals surface area (Å²) < 4.78 is 5.73. The molecular formula is C26H30N2O5S. The lowest BCUT2D eigenvalue weighted by molar-refractivity contribution is -0.138. The molecule has 0 bridgehead atoms. The normalized spacial score (nSPS) is 16.3. The largest absolute Gasteiger partial charge is 0.481 e. The van der Waals surface area contributed by atoms with Gasteiger partial charge >= 0.3 is 12.1 Å². The number of carboxylic acids is 1. The maximum atomic E-state index is 12.9. The number of nitrogens with zero attached hydrogens (tertiary/aromatic N) is 1. The van der Waals surface area contributed by atoms with Crippen LogP contribution >= 0.6 is 11.8 Å². The number of rotatable bonds is 8. The van der Waals surface area contributed by atoms with Crippen LogP contribution in [0.4, 0.5) is 4.79 Å². The van der Waals surface area contributed by atoms with E-state index in [2.05, 4.69) is 29.6 Å². The molecule has 2 aliphatic rings. The first-order chi connectivity index (χ1) is 16.4. The van der Waals surface area contributed by atoms with E-state index in [0.717, 1.165) is 22.6 Å². The summed E-state index contributed by atoms with van der Waals surface area (Å²) in [5, 5.41) is 11.9. The predicted octanol–water partition coefficient (Wildman–Crippen LogP) is 4.11. The molecule has 34 heavy (non-hydrogen) atoms. The highest BCUT2D eigenvalue weighted by Crippen LogP contribution is 2.44. The number of aliphatic carboxylic acids is 1. The van der Waals surface area contributed by atoms with Gasteiger partial charge in [0.15, 0.2) is 0 Å². The summed E-state index contributed by atoms with van der Waals surface area (Å²) in [5.74, 6) is 0.540. The van der Waals surface area contributed by atoms with Gasteiger partial charge in [0.05, 0.1) is 18.4 Å². The highest BCUT2D eigenvalue weighted by atomic mass is 32.2. The fourth-order valence-corrected chi connectivity index (χ4v) is 6.05. The molecular weight excluding hydrogens is 452 g/mol. The first-order valence-electron chi connectivity index (χ1n) is 11.6. The Balaban J connectivity index is 1.41. The molecule has 0 radical (unpaired) electrons. The van der Waals surface area contributed by atoms with E-state index < -0.39 is 17.6 Å². The maximum Gasteiger partial charge on any atom is 0.407 e. The molecule has 0 atom stereocenters. The number of carboxylic acid groups (broad SMARTS) is 1. The SMILES string of the molecule is CN(CCC(=O)O)C(=O)CC1(NC(=O)OCC2c3ccccc3-c3ccccc32)CCSCC1. The van der Waals surface area contributed by atoms with Gasteiger partial charge in [0.25, 0.3) is 0 Å². The van der Waals surface area contributed by atoms with E-state index in [0.29, 0.717) is 12.8 Å². The van der Waals surface area contributed by atoms with E-state index in [1.807, 2.05) is 24.3 Å². The predicted molar refractivity (Wildman–Crippen MR) is 132 cm³/mol. The lowest BCUT2D eigenvalue weighted by Gasteiger charge is -2.38. The Hall–Kier alpha value is -3.00. The van der Waals surface area contributed by atoms with Crippen molar-refractivity contribution in [2.24, 2.45) is 0 Å². The minimum absolute atomic E-state index is 0.0280. The van der Waals surface area contributed by atoms with E-state index in [-0.39, 0.29) is 37.8 Å². The van der Waals surface area contributed by atoms with Gasteiger partial charge in [-0.1, -0.05) is 48.5 Å². The van der Waals surface area contributed by atoms with Gasteiger partial charge in [0, 0.05) is 19.5 Å². The lowest BCUT2D eigenvalue weighted by atomic mass is 9.88. The summed E-state index contributed by atoms with van der Waals surface area (Å²) in [7, 11) is 1.60. The van der Waals surface area contributed by atoms with Crippen LogP contribution < -0.4 is 5.32 Å². The molecule has 2 N–H and O–H groups in total. The van der Waals surface area contributed by atoms with Crippen molar-refractivity contribution < 1.29 is 24.2 Å². The Morgan fingerprint density at radius 3 is 2.24 bits per heavy atom. The summed E-state index contributed by atoms with van der Waals surface area (Å²) in [4.78, 5) is 38.0. The smallest absolute Gasteiger partial charge is 0.407 e. The summed E-state index contributed by atoms with van der Waals surface area (Å²) in [5.41, 5.74) is 3.96. The van der Waals surface area contributed by atoms with Crippen molar-refractivity contribution in [2.45, 2.75) is 37.1 Å². The Kier molecular flexibility index (Phi) is 7.46. The second kappa shape index (κ2) is 10.5. The fraction of sp³-hybridized carbons (Fsp3) is 0.423. The minimum atomic E-state index is -0.944. The number of alkyl carbamates (subject to hydrolysis) is 1. The standard InChI is InChI=1S/C26H30N2O5S/c1-28(13-10-24(30)31)23(29)16-26(11-14-34-15-12-26)27-25(32)33-17-22-20-8-4-2-6-18(20)19-7-3-5-9-21(19)22/h2-9,22H,10-17H2,1H3,(H,27,32)(H,30,31). The number of hydrogen-bond donors (Lipinski definition) is 2. The molecule has 0 saturated carbocycles. The van der Waals surface area contributed by atoms with E-state index >= 15 is 0 Å². The fourth-order valence-electron chi connectivity index (χ4n) is 4.77. The average molecular weight is 483 g/mol. The molecule has 8 heteroatoms. The molecule has 0 unspecified atom stereocenters. The zero-order valence-electron chi connectivity index (χ0n) is 19.3. The van der Waals surface area contributed by atoms with E-state index in [1.54, 1.807) is 18.8 Å². The van der Waals surface area contributed by atoms with Crippen LogP contribution in [0, 0.1) is 0 Å². The number of thioether (sulfide) groups is 1. The molecule has 1 aliphatic carbocycles. The Morgan fingerprint density at radius 1 is 1.06 bits per heavy atom. The molecule has 7 nitrogen and oxygen atoms in total. The lowest BCUT2D eigenvalue weighted by Crippen LogP contribution is -2.53. The number of hydrogen-bond acceptors (Lipinski definition) is 5. The Bertz CT molecular complexity index is 1020. The zero-order valence-corrected chi connectivity index (χ0v) is 20.1. The molecule has 2 amide bonds. The van der Waals surface area contributed by atoms with Crippen molar-refractivity contribution in [3.63, 3.8) is 0 Å². The van der Waals surface area contributed by atoms with E-state index in [9.17, 15) is 14.4 Å². The van der Waals surface area contributed by atoms with E-state index in [4.69, 9.17) is 9.84 Å². The van der Waals surface area contributed by atoms with E-state index in [1.165, 1.54) is 16.0 Å². The molecule has 0 aromatic heterocycles. The van der Waals surface area contributed by atoms with Crippen molar-refractivity contribution in [2.75, 3.05) is 31.7 Å². The van der Waals surface area contributed by atoms with Crippen molar-refractivity contribution in [1.82, 2.24) is 10.2 Å². The summed E-state index contributed by atoms with van der Waals surface area (Å²) in [6.07, 6.45) is 0.842. The second-order valence-electron chi connectivity index (χ2n) is 8.98. The number of ether oxygens (including phenoxy) is 1. The average Bonchev–Trinajstić information content (AvgIpc) is 3.15. The molecule has 1 fully saturated rings. The van der Waals surface area contributed by atoms with Crippen LogP contribution in [-0.2, 0) is 14.3 Å². The molecule has 2 aromatic rings. The van der Waals surface area contributed by atoms with Gasteiger partial charge < -0.3 is 20.1 Å². The summed E-state index contributed by atoms with van der Waals surface area (Å²) in [6, 6.07) is 16.4. The van der Waals surface area contributed by atoms with Crippen LogP contribution in [0.5, 0.6) is 0 Å². The monoisotopic (exact) mass is 482 g/mol. The van der Waals surface area contributed by atoms with Crippen molar-refractivity contribution in [1.29, 1.82) is 0 Å². The van der Waals surface area contributed by atoms with Crippen molar-refractivity contribution in [3.8, 4) is 11.1 Å². The number of fused-ring (bicyclic) bond motifs is 3. The van der Waals surface area contributed by atoms with Crippen LogP contribution in [0.1, 0.15) is 42.7 Å². The first kappa shape index (κ1) is 24.1. The number of carbonyl (C=O) groups is 3. The van der Waals surface area contributed by atoms with Gasteiger partial charge in [-0.3, -0.25) is 9.59 Å². The molecule has 0 spiro atoms. The molecule has 2 aromatic carbocycles.